The van der Waals surface area contributed by atoms with E-state index in [1.807, 2.05) is 36.4 Å². The van der Waals surface area contributed by atoms with Crippen LogP contribution in [0.5, 0.6) is 0 Å². The van der Waals surface area contributed by atoms with Gasteiger partial charge >= 0.3 is 11.9 Å². The van der Waals surface area contributed by atoms with Crippen molar-refractivity contribution < 1.29 is 58.2 Å². The molecule has 0 saturated carbocycles. The molecular formula is C46H66N12O12. The fraction of sp³-hybridized carbons (Fsp3) is 0.543. The minimum atomic E-state index is -1.61. The number of likely N-dealkylation sites (tertiary alicyclic amines) is 1. The van der Waals surface area contributed by atoms with Gasteiger partial charge in [0.1, 0.15) is 42.3 Å². The van der Waals surface area contributed by atoms with E-state index in [0.717, 1.165) is 17.2 Å². The molecule has 8 amide bonds. The normalized spacial score (nSPS) is 18.0. The number of amides is 8. The van der Waals surface area contributed by atoms with Crippen molar-refractivity contribution in [1.29, 1.82) is 5.41 Å². The minimum Gasteiger partial charge on any atom is -0.481 e. The van der Waals surface area contributed by atoms with E-state index < -0.39 is 115 Å². The lowest BCUT2D eigenvalue weighted by Gasteiger charge is -2.37. The van der Waals surface area contributed by atoms with Crippen LogP contribution in [0, 0.1) is 5.41 Å². The number of rotatable bonds is 24. The highest BCUT2D eigenvalue weighted by atomic mass is 16.4. The van der Waals surface area contributed by atoms with Gasteiger partial charge in [0.25, 0.3) is 0 Å². The highest BCUT2D eigenvalue weighted by Crippen LogP contribution is 2.21. The van der Waals surface area contributed by atoms with Crippen molar-refractivity contribution >= 4 is 75.9 Å². The molecule has 382 valence electrons. The van der Waals surface area contributed by atoms with Gasteiger partial charge in [-0.1, -0.05) is 42.5 Å². The molecule has 0 unspecified atom stereocenters. The first-order chi connectivity index (χ1) is 33.1. The van der Waals surface area contributed by atoms with E-state index in [-0.39, 0.29) is 50.6 Å². The van der Waals surface area contributed by atoms with Crippen LogP contribution >= 0.6 is 0 Å². The number of carbonyl (C=O) groups excluding carboxylic acids is 8. The number of hydrogen-bond donors (Lipinski definition) is 12. The van der Waals surface area contributed by atoms with E-state index in [1.54, 1.807) is 6.07 Å². The number of carboxylic acid groups (broad SMARTS) is 2. The van der Waals surface area contributed by atoms with Crippen LogP contribution in [0.15, 0.2) is 42.5 Å². The van der Waals surface area contributed by atoms with Crippen molar-refractivity contribution in [2.75, 3.05) is 33.2 Å². The van der Waals surface area contributed by atoms with Crippen molar-refractivity contribution in [1.82, 2.24) is 52.3 Å². The summed E-state index contributed by atoms with van der Waals surface area (Å²) in [5.41, 5.74) is 6.05. The third-order valence-corrected chi connectivity index (χ3v) is 12.0. The lowest BCUT2D eigenvalue weighted by Crippen LogP contribution is -2.61. The fourth-order valence-electron chi connectivity index (χ4n) is 8.07. The number of carbonyl (C=O) groups is 10. The second-order valence-corrected chi connectivity index (χ2v) is 17.6. The third kappa shape index (κ3) is 16.7. The van der Waals surface area contributed by atoms with Crippen LogP contribution in [0.1, 0.15) is 77.7 Å². The van der Waals surface area contributed by atoms with Gasteiger partial charge in [0.15, 0.2) is 5.96 Å². The highest BCUT2D eigenvalue weighted by Gasteiger charge is 2.39. The van der Waals surface area contributed by atoms with Crippen LogP contribution in [0.3, 0.4) is 0 Å². The van der Waals surface area contributed by atoms with Gasteiger partial charge in [-0.3, -0.25) is 53.4 Å². The summed E-state index contributed by atoms with van der Waals surface area (Å²) in [4.78, 5) is 134. The van der Waals surface area contributed by atoms with Crippen molar-refractivity contribution in [2.45, 2.75) is 127 Å². The highest BCUT2D eigenvalue weighted by molar-refractivity contribution is 5.98. The molecule has 4 rings (SSSR count). The number of piperidine rings is 1. The van der Waals surface area contributed by atoms with Crippen LogP contribution in [-0.2, 0) is 54.4 Å². The Kier molecular flexibility index (Phi) is 20.8. The molecule has 24 nitrogen and oxygen atoms in total. The number of fused-ring (bicyclic) bond motifs is 1. The Balaban J connectivity index is 1.57. The Hall–Kier alpha value is -7.37. The summed E-state index contributed by atoms with van der Waals surface area (Å²) in [6, 6.07) is 3.15. The van der Waals surface area contributed by atoms with Gasteiger partial charge in [-0.25, -0.2) is 0 Å². The Morgan fingerprint density at radius 1 is 0.771 bits per heavy atom. The molecule has 0 spiro atoms. The number of likely N-dealkylation sites (N-methyl/N-ethyl adjacent to an activating group) is 1. The monoisotopic (exact) mass is 978 g/mol. The summed E-state index contributed by atoms with van der Waals surface area (Å²) in [7, 11) is 1.42. The molecule has 13 N–H and O–H groups in total. The van der Waals surface area contributed by atoms with E-state index >= 15 is 0 Å². The molecule has 2 aliphatic rings. The van der Waals surface area contributed by atoms with E-state index in [9.17, 15) is 53.1 Å². The Morgan fingerprint density at radius 2 is 1.41 bits per heavy atom. The molecular weight excluding hydrogens is 913 g/mol. The molecule has 2 fully saturated rings. The second kappa shape index (κ2) is 26.4. The number of nitrogens with one attached hydrogen (secondary N) is 9. The van der Waals surface area contributed by atoms with E-state index in [0.29, 0.717) is 31.4 Å². The molecule has 2 aromatic carbocycles. The van der Waals surface area contributed by atoms with Gasteiger partial charge in [0.2, 0.25) is 47.3 Å². The number of carboxylic acids is 2. The average Bonchev–Trinajstić information content (AvgIpc) is 3.86. The molecule has 2 aliphatic heterocycles. The maximum absolute atomic E-state index is 14.5. The van der Waals surface area contributed by atoms with Crippen molar-refractivity contribution in [3.63, 3.8) is 0 Å². The molecule has 70 heavy (non-hydrogen) atoms. The lowest BCUT2D eigenvalue weighted by molar-refractivity contribution is -0.149. The topological polar surface area (TPSA) is 364 Å². The van der Waals surface area contributed by atoms with Crippen molar-refractivity contribution in [2.24, 2.45) is 5.73 Å². The minimum absolute atomic E-state index is 0.0173. The van der Waals surface area contributed by atoms with Gasteiger partial charge in [-0.15, -0.1) is 0 Å². The zero-order chi connectivity index (χ0) is 51.7. The standard InChI is InChI=1S/C46H66N12O12/c1-25(39(63)53-27(3)45(69)70)51-38(62)26(2)52-40(64)31(13-9-19-50-46(47)48)55-41(65)33(22-28-16-17-29-11-5-6-12-30(29)21-28)56-42(66)35-15-7-8-20-58(35)44(68)34(23-37(60)61)54-36(59)24-57(4)43(67)32-14-10-18-49-32/h5-6,11-12,16-17,21,25-27,31-35,49H,7-10,13-15,18-20,22-24H2,1-4H3,(H,51,62)(H,52,64)(H,53,63)(H,54,59)(H,55,65)(H,56,66)(H,60,61)(H,69,70)(H4,47,48,50)/t25-,26+,27-,31+,32+,33+,34-,35+/m1/s1. The maximum atomic E-state index is 14.5. The summed E-state index contributed by atoms with van der Waals surface area (Å²) in [6.45, 7) is 4.22. The quantitative estimate of drug-likeness (QED) is 0.0301. The largest absolute Gasteiger partial charge is 0.481 e. The predicted octanol–water partition coefficient (Wildman–Crippen LogP) is -2.24. The fourth-order valence-corrected chi connectivity index (χ4v) is 8.07. The van der Waals surface area contributed by atoms with Gasteiger partial charge in [-0.05, 0) is 88.6 Å². The lowest BCUT2D eigenvalue weighted by atomic mass is 9.97. The summed E-state index contributed by atoms with van der Waals surface area (Å²) in [5.74, 6) is -9.02. The first-order valence-electron chi connectivity index (χ1n) is 23.2. The summed E-state index contributed by atoms with van der Waals surface area (Å²) in [5, 5.41) is 48.9. The molecule has 24 heteroatoms. The van der Waals surface area contributed by atoms with Crippen LogP contribution < -0.4 is 48.3 Å². The van der Waals surface area contributed by atoms with E-state index in [2.05, 4.69) is 42.5 Å². The SMILES string of the molecule is C[C@H](NC(=O)[C@H](CCCNC(=N)N)NC(=O)[C@H](Cc1ccc2ccccc2c1)NC(=O)[C@@H]1CCCCN1C(=O)[C@@H](CC(=O)O)NC(=O)CN(C)C(=O)[C@@H]1CCCN1)C(=O)N[C@H](C)C(=O)N[C@H](C)C(=O)O. The molecule has 0 aliphatic carbocycles. The van der Waals surface area contributed by atoms with Gasteiger partial charge in [0, 0.05) is 26.6 Å². The van der Waals surface area contributed by atoms with Crippen LogP contribution in [0.25, 0.3) is 10.8 Å². The molecule has 8 atom stereocenters. The molecule has 0 radical (unpaired) electrons. The maximum Gasteiger partial charge on any atom is 0.325 e. The number of nitrogens with zero attached hydrogens (tertiary/aromatic N) is 2. The van der Waals surface area contributed by atoms with E-state index in [4.69, 9.17) is 16.2 Å². The Bertz CT molecular complexity index is 2270. The third-order valence-electron chi connectivity index (χ3n) is 12.0. The molecule has 0 bridgehead atoms. The smallest absolute Gasteiger partial charge is 0.325 e. The average molecular weight is 979 g/mol. The molecule has 2 saturated heterocycles. The first-order valence-corrected chi connectivity index (χ1v) is 23.2. The molecule has 2 aromatic rings. The predicted molar refractivity (Wildman–Crippen MR) is 253 cm³/mol. The summed E-state index contributed by atoms with van der Waals surface area (Å²) < 4.78 is 0. The van der Waals surface area contributed by atoms with Crippen LogP contribution in [0.4, 0.5) is 0 Å². The number of hydrogen-bond acceptors (Lipinski definition) is 12. The van der Waals surface area contributed by atoms with Gasteiger partial charge in [-0.2, -0.15) is 0 Å². The Morgan fingerprint density at radius 3 is 2.04 bits per heavy atom. The Labute approximate surface area is 404 Å². The zero-order valence-electron chi connectivity index (χ0n) is 39.8. The van der Waals surface area contributed by atoms with Crippen molar-refractivity contribution in [3.05, 3.63) is 48.0 Å². The number of benzene rings is 2. The number of guanidine groups is 1. The summed E-state index contributed by atoms with van der Waals surface area (Å²) >= 11 is 0. The van der Waals surface area contributed by atoms with Crippen LogP contribution in [-0.4, -0.2) is 167 Å². The molecule has 0 aromatic heterocycles. The summed E-state index contributed by atoms with van der Waals surface area (Å²) in [6.07, 6.45) is 1.61. The van der Waals surface area contributed by atoms with Gasteiger partial charge < -0.3 is 68.3 Å². The second-order valence-electron chi connectivity index (χ2n) is 17.6. The van der Waals surface area contributed by atoms with Gasteiger partial charge in [0.05, 0.1) is 19.0 Å². The molecule has 2 heterocycles. The van der Waals surface area contributed by atoms with Crippen molar-refractivity contribution in [3.8, 4) is 0 Å². The van der Waals surface area contributed by atoms with E-state index in [1.165, 1.54) is 37.6 Å². The zero-order valence-corrected chi connectivity index (χ0v) is 39.8. The van der Waals surface area contributed by atoms with Crippen LogP contribution in [0.2, 0.25) is 0 Å². The number of aliphatic carboxylic acids is 2. The number of nitrogens with two attached hydrogens (primary N) is 1. The first kappa shape index (κ1) is 55.2.